The first-order chi connectivity index (χ1) is 12.7. The first kappa shape index (κ1) is 18.7. The molecule has 1 aliphatic rings. The van der Waals surface area contributed by atoms with E-state index in [1.807, 2.05) is 0 Å². The molecule has 3 rings (SSSR count). The number of aryl methyl sites for hydroxylation is 1. The Kier molecular flexibility index (Phi) is 6.48. The Hall–Kier alpha value is -2.10. The maximum absolute atomic E-state index is 13.3. The SMILES string of the molecule is CCC=CC1CCC(CCc2cnc(-c3ccc(F)c(F)c3)nc2)CC1. The van der Waals surface area contributed by atoms with Gasteiger partial charge in [0.2, 0.25) is 0 Å². The van der Waals surface area contributed by atoms with E-state index in [4.69, 9.17) is 0 Å². The summed E-state index contributed by atoms with van der Waals surface area (Å²) < 4.78 is 26.4. The summed E-state index contributed by atoms with van der Waals surface area (Å²) in [6.45, 7) is 2.18. The number of rotatable bonds is 6. The van der Waals surface area contributed by atoms with Gasteiger partial charge in [-0.1, -0.05) is 19.1 Å². The lowest BCUT2D eigenvalue weighted by molar-refractivity contribution is 0.296. The molecule has 0 bridgehead atoms. The highest BCUT2D eigenvalue weighted by Crippen LogP contribution is 2.32. The van der Waals surface area contributed by atoms with Crippen LogP contribution in [-0.4, -0.2) is 9.97 Å². The maximum atomic E-state index is 13.3. The van der Waals surface area contributed by atoms with Crippen molar-refractivity contribution in [2.45, 2.75) is 51.9 Å². The highest BCUT2D eigenvalue weighted by molar-refractivity contribution is 5.54. The molecule has 1 aliphatic carbocycles. The van der Waals surface area contributed by atoms with Crippen LogP contribution in [0.3, 0.4) is 0 Å². The molecule has 2 nitrogen and oxygen atoms in total. The molecule has 2 aromatic rings. The monoisotopic (exact) mass is 356 g/mol. The molecule has 1 aromatic heterocycles. The first-order valence-electron chi connectivity index (χ1n) is 9.58. The van der Waals surface area contributed by atoms with Crippen LogP contribution in [0.25, 0.3) is 11.4 Å². The van der Waals surface area contributed by atoms with E-state index in [0.717, 1.165) is 48.8 Å². The Bertz CT molecular complexity index is 732. The van der Waals surface area contributed by atoms with E-state index >= 15 is 0 Å². The minimum Gasteiger partial charge on any atom is -0.236 e. The van der Waals surface area contributed by atoms with Gasteiger partial charge in [0.05, 0.1) is 0 Å². The van der Waals surface area contributed by atoms with Crippen LogP contribution in [0.1, 0.15) is 51.0 Å². The summed E-state index contributed by atoms with van der Waals surface area (Å²) in [7, 11) is 0. The summed E-state index contributed by atoms with van der Waals surface area (Å²) in [5.41, 5.74) is 1.60. The van der Waals surface area contributed by atoms with E-state index in [0.29, 0.717) is 11.4 Å². The molecule has 0 spiro atoms. The Balaban J connectivity index is 1.50. The maximum Gasteiger partial charge on any atom is 0.159 e. The Morgan fingerprint density at radius 1 is 1.04 bits per heavy atom. The lowest BCUT2D eigenvalue weighted by Gasteiger charge is -2.26. The number of halogens is 2. The van der Waals surface area contributed by atoms with Gasteiger partial charge in [-0.2, -0.15) is 0 Å². The zero-order chi connectivity index (χ0) is 18.4. The van der Waals surface area contributed by atoms with E-state index in [9.17, 15) is 8.78 Å². The number of allylic oxidation sites excluding steroid dienone is 2. The highest BCUT2D eigenvalue weighted by atomic mass is 19.2. The lowest BCUT2D eigenvalue weighted by atomic mass is 9.79. The standard InChI is InChI=1S/C22H26F2N2/c1-2-3-4-16-5-7-17(8-6-16)9-10-18-14-25-22(26-15-18)19-11-12-20(23)21(24)13-19/h3-4,11-17H,2,5-10H2,1H3. The zero-order valence-corrected chi connectivity index (χ0v) is 15.3. The summed E-state index contributed by atoms with van der Waals surface area (Å²) in [6.07, 6.45) is 16.7. The van der Waals surface area contributed by atoms with Crippen molar-refractivity contribution in [3.63, 3.8) is 0 Å². The van der Waals surface area contributed by atoms with Crippen molar-refractivity contribution in [3.05, 3.63) is 59.9 Å². The molecule has 0 saturated heterocycles. The number of nitrogens with zero attached hydrogens (tertiary/aromatic N) is 2. The van der Waals surface area contributed by atoms with Crippen molar-refractivity contribution < 1.29 is 8.78 Å². The third-order valence-electron chi connectivity index (χ3n) is 5.26. The van der Waals surface area contributed by atoms with Crippen molar-refractivity contribution in [3.8, 4) is 11.4 Å². The summed E-state index contributed by atoms with van der Waals surface area (Å²) >= 11 is 0. The summed E-state index contributed by atoms with van der Waals surface area (Å²) in [5, 5.41) is 0. The molecular formula is C22H26F2N2. The fraction of sp³-hybridized carbons (Fsp3) is 0.455. The lowest BCUT2D eigenvalue weighted by Crippen LogP contribution is -2.13. The van der Waals surface area contributed by atoms with E-state index in [1.165, 1.54) is 31.7 Å². The average molecular weight is 356 g/mol. The quantitative estimate of drug-likeness (QED) is 0.582. The number of hydrogen-bond acceptors (Lipinski definition) is 2. The second-order valence-electron chi connectivity index (χ2n) is 7.20. The third kappa shape index (κ3) is 4.96. The Labute approximate surface area is 154 Å². The molecule has 0 unspecified atom stereocenters. The van der Waals surface area contributed by atoms with Gasteiger partial charge in [0.1, 0.15) is 0 Å². The van der Waals surface area contributed by atoms with Crippen LogP contribution in [0.2, 0.25) is 0 Å². The van der Waals surface area contributed by atoms with Crippen LogP contribution in [0.5, 0.6) is 0 Å². The topological polar surface area (TPSA) is 25.8 Å². The molecule has 1 heterocycles. The van der Waals surface area contributed by atoms with Gasteiger partial charge in [0.25, 0.3) is 0 Å². The van der Waals surface area contributed by atoms with E-state index in [1.54, 1.807) is 12.4 Å². The van der Waals surface area contributed by atoms with Crippen LogP contribution in [0.15, 0.2) is 42.7 Å². The predicted octanol–water partition coefficient (Wildman–Crippen LogP) is 6.13. The Morgan fingerprint density at radius 3 is 2.42 bits per heavy atom. The largest absolute Gasteiger partial charge is 0.236 e. The second-order valence-corrected chi connectivity index (χ2v) is 7.20. The molecular weight excluding hydrogens is 330 g/mol. The molecule has 1 saturated carbocycles. The van der Waals surface area contributed by atoms with E-state index < -0.39 is 11.6 Å². The second kappa shape index (κ2) is 9.02. The van der Waals surface area contributed by atoms with Gasteiger partial charge in [-0.25, -0.2) is 18.7 Å². The van der Waals surface area contributed by atoms with Crippen molar-refractivity contribution in [2.24, 2.45) is 11.8 Å². The van der Waals surface area contributed by atoms with Crippen molar-refractivity contribution >= 4 is 0 Å². The highest BCUT2D eigenvalue weighted by Gasteiger charge is 2.19. The number of benzene rings is 1. The normalized spacial score (nSPS) is 20.6. The molecule has 0 atom stereocenters. The van der Waals surface area contributed by atoms with Crippen molar-refractivity contribution in [1.29, 1.82) is 0 Å². The smallest absolute Gasteiger partial charge is 0.159 e. The number of hydrogen-bond donors (Lipinski definition) is 0. The van der Waals surface area contributed by atoms with E-state index in [2.05, 4.69) is 29.0 Å². The van der Waals surface area contributed by atoms with Crippen molar-refractivity contribution in [1.82, 2.24) is 9.97 Å². The number of aromatic nitrogens is 2. The molecule has 138 valence electrons. The first-order valence-corrected chi connectivity index (χ1v) is 9.58. The van der Waals surface area contributed by atoms with Crippen LogP contribution in [0, 0.1) is 23.5 Å². The third-order valence-corrected chi connectivity index (χ3v) is 5.26. The molecule has 1 fully saturated rings. The van der Waals surface area contributed by atoms with Gasteiger partial charge in [-0.05, 0) is 80.5 Å². The summed E-state index contributed by atoms with van der Waals surface area (Å²) in [4.78, 5) is 8.64. The molecule has 0 radical (unpaired) electrons. The molecule has 1 aromatic carbocycles. The summed E-state index contributed by atoms with van der Waals surface area (Å²) in [6, 6.07) is 3.74. The van der Waals surface area contributed by atoms with Gasteiger partial charge in [-0.3, -0.25) is 0 Å². The predicted molar refractivity (Wildman–Crippen MR) is 101 cm³/mol. The van der Waals surface area contributed by atoms with Crippen LogP contribution >= 0.6 is 0 Å². The fourth-order valence-corrected chi connectivity index (χ4v) is 3.64. The molecule has 4 heteroatoms. The van der Waals surface area contributed by atoms with Crippen LogP contribution in [0.4, 0.5) is 8.78 Å². The summed E-state index contributed by atoms with van der Waals surface area (Å²) in [5.74, 6) is 0.248. The molecule has 0 amide bonds. The van der Waals surface area contributed by atoms with Gasteiger partial charge in [0, 0.05) is 18.0 Å². The van der Waals surface area contributed by atoms with Gasteiger partial charge in [-0.15, -0.1) is 0 Å². The van der Waals surface area contributed by atoms with Crippen LogP contribution < -0.4 is 0 Å². The average Bonchev–Trinajstić information content (AvgIpc) is 2.68. The minimum atomic E-state index is -0.875. The van der Waals surface area contributed by atoms with Crippen LogP contribution in [-0.2, 0) is 6.42 Å². The van der Waals surface area contributed by atoms with Gasteiger partial charge < -0.3 is 0 Å². The van der Waals surface area contributed by atoms with Crippen molar-refractivity contribution in [2.75, 3.05) is 0 Å². The van der Waals surface area contributed by atoms with Gasteiger partial charge in [0.15, 0.2) is 17.5 Å². The Morgan fingerprint density at radius 2 is 1.77 bits per heavy atom. The minimum absolute atomic E-state index is 0.427. The molecule has 0 N–H and O–H groups in total. The molecule has 0 aliphatic heterocycles. The molecule has 26 heavy (non-hydrogen) atoms. The van der Waals surface area contributed by atoms with Gasteiger partial charge >= 0.3 is 0 Å². The fourth-order valence-electron chi connectivity index (χ4n) is 3.64. The zero-order valence-electron chi connectivity index (χ0n) is 15.3. The van der Waals surface area contributed by atoms with E-state index in [-0.39, 0.29) is 0 Å².